The van der Waals surface area contributed by atoms with Crippen LogP contribution in [-0.4, -0.2) is 32.4 Å². The van der Waals surface area contributed by atoms with Crippen LogP contribution in [0.1, 0.15) is 6.92 Å². The summed E-state index contributed by atoms with van der Waals surface area (Å²) in [4.78, 5) is 11.0. The van der Waals surface area contributed by atoms with Crippen molar-refractivity contribution in [2.45, 2.75) is 6.92 Å². The number of carbonyl (C=O) groups is 1. The van der Waals surface area contributed by atoms with Crippen LogP contribution in [0.3, 0.4) is 0 Å². The van der Waals surface area contributed by atoms with Gasteiger partial charge in [0.2, 0.25) is 0 Å². The van der Waals surface area contributed by atoms with Crippen molar-refractivity contribution < 1.29 is 23.4 Å². The summed E-state index contributed by atoms with van der Waals surface area (Å²) in [5.74, 6) is -0.745. The second-order valence-electron chi connectivity index (χ2n) is 3.14. The van der Waals surface area contributed by atoms with E-state index >= 15 is 0 Å². The van der Waals surface area contributed by atoms with Gasteiger partial charge in [-0.3, -0.25) is 0 Å². The molecule has 0 radical (unpaired) electrons. The lowest BCUT2D eigenvalue weighted by Gasteiger charge is -2.07. The highest BCUT2D eigenvalue weighted by atomic mass is 19.1. The fourth-order valence-electron chi connectivity index (χ4n) is 1.10. The number of benzene rings is 1. The molecule has 0 aromatic heterocycles. The summed E-state index contributed by atoms with van der Waals surface area (Å²) >= 11 is 0. The van der Waals surface area contributed by atoms with Gasteiger partial charge in [0.15, 0.2) is 11.6 Å². The van der Waals surface area contributed by atoms with E-state index in [9.17, 15) is 9.18 Å². The molecule has 1 aromatic rings. The van der Waals surface area contributed by atoms with Gasteiger partial charge in [-0.15, -0.1) is 0 Å². The van der Waals surface area contributed by atoms with Crippen LogP contribution in [0.2, 0.25) is 0 Å². The maximum Gasteiger partial charge on any atom is 0.332 e. The van der Waals surface area contributed by atoms with Crippen LogP contribution in [0.25, 0.3) is 0 Å². The predicted octanol–water partition coefficient (Wildman–Crippen LogP) is 1.78. The monoisotopic (exact) mass is 242 g/mol. The molecule has 17 heavy (non-hydrogen) atoms. The molecule has 0 fully saturated rings. The molecule has 1 rings (SSSR count). The van der Waals surface area contributed by atoms with Gasteiger partial charge >= 0.3 is 5.97 Å². The molecule has 0 heterocycles. The van der Waals surface area contributed by atoms with Crippen LogP contribution in [0.4, 0.5) is 4.39 Å². The Morgan fingerprint density at radius 1 is 1.29 bits per heavy atom. The summed E-state index contributed by atoms with van der Waals surface area (Å²) in [7, 11) is 0. The summed E-state index contributed by atoms with van der Waals surface area (Å²) in [6.45, 7) is 2.35. The highest BCUT2D eigenvalue weighted by Crippen LogP contribution is 2.14. The Morgan fingerprint density at radius 2 is 2.06 bits per heavy atom. The molecule has 0 atom stereocenters. The van der Waals surface area contributed by atoms with Crippen LogP contribution in [0, 0.1) is 5.82 Å². The van der Waals surface area contributed by atoms with E-state index in [0.29, 0.717) is 6.61 Å². The molecular formula is C12H15FO4. The summed E-state index contributed by atoms with van der Waals surface area (Å²) in [6.07, 6.45) is 0. The summed E-state index contributed by atoms with van der Waals surface area (Å²) in [6, 6.07) is 6.05. The average molecular weight is 242 g/mol. The highest BCUT2D eigenvalue weighted by molar-refractivity contribution is 5.70. The topological polar surface area (TPSA) is 44.8 Å². The normalized spacial score (nSPS) is 10.0. The van der Waals surface area contributed by atoms with Gasteiger partial charge in [-0.2, -0.15) is 0 Å². The molecule has 0 amide bonds. The lowest BCUT2D eigenvalue weighted by Crippen LogP contribution is -2.16. The number of hydrogen-bond donors (Lipinski definition) is 0. The summed E-state index contributed by atoms with van der Waals surface area (Å²) < 4.78 is 27.8. The first kappa shape index (κ1) is 13.4. The molecule has 0 spiro atoms. The van der Waals surface area contributed by atoms with Gasteiger partial charge in [-0.05, 0) is 19.1 Å². The number of ether oxygens (including phenoxy) is 3. The molecule has 0 unspecified atom stereocenters. The molecule has 0 aliphatic heterocycles. The third-order valence-corrected chi connectivity index (χ3v) is 1.86. The van der Waals surface area contributed by atoms with Crippen molar-refractivity contribution in [1.29, 1.82) is 0 Å². The third kappa shape index (κ3) is 5.31. The number of rotatable bonds is 7. The molecule has 5 heteroatoms. The second kappa shape index (κ2) is 7.62. The maximum absolute atomic E-state index is 13.1. The van der Waals surface area contributed by atoms with Crippen molar-refractivity contribution in [3.8, 4) is 5.75 Å². The van der Waals surface area contributed by atoms with Crippen molar-refractivity contribution in [1.82, 2.24) is 0 Å². The summed E-state index contributed by atoms with van der Waals surface area (Å²) in [5, 5.41) is 0. The lowest BCUT2D eigenvalue weighted by atomic mass is 10.3. The SMILES string of the molecule is CCOCC(=O)OCCOc1ccccc1F. The Kier molecular flexibility index (Phi) is 6.03. The molecular weight excluding hydrogens is 227 g/mol. The number of esters is 1. The van der Waals surface area contributed by atoms with Gasteiger partial charge in [0.25, 0.3) is 0 Å². The Bertz CT molecular complexity index is 354. The van der Waals surface area contributed by atoms with E-state index in [-0.39, 0.29) is 25.6 Å². The van der Waals surface area contributed by atoms with Crippen molar-refractivity contribution in [2.24, 2.45) is 0 Å². The first-order chi connectivity index (χ1) is 8.24. The third-order valence-electron chi connectivity index (χ3n) is 1.86. The molecule has 0 aliphatic rings. The smallest absolute Gasteiger partial charge is 0.332 e. The number of carbonyl (C=O) groups excluding carboxylic acids is 1. The Balaban J connectivity index is 2.16. The fraction of sp³-hybridized carbons (Fsp3) is 0.417. The standard InChI is InChI=1S/C12H15FO4/c1-2-15-9-12(14)17-8-7-16-11-6-4-3-5-10(11)13/h3-6H,2,7-9H2,1H3. The molecule has 0 aliphatic carbocycles. The van der Waals surface area contributed by atoms with E-state index in [1.165, 1.54) is 12.1 Å². The predicted molar refractivity (Wildman–Crippen MR) is 59.3 cm³/mol. The van der Waals surface area contributed by atoms with Crippen LogP contribution >= 0.6 is 0 Å². The van der Waals surface area contributed by atoms with Crippen LogP contribution < -0.4 is 4.74 Å². The van der Waals surface area contributed by atoms with Gasteiger partial charge in [-0.25, -0.2) is 9.18 Å². The number of halogens is 1. The van der Waals surface area contributed by atoms with Crippen molar-refractivity contribution >= 4 is 5.97 Å². The maximum atomic E-state index is 13.1. The van der Waals surface area contributed by atoms with Crippen molar-refractivity contribution in [2.75, 3.05) is 26.4 Å². The fourth-order valence-corrected chi connectivity index (χ4v) is 1.10. The minimum Gasteiger partial charge on any atom is -0.487 e. The minimum absolute atomic E-state index is 0.0697. The van der Waals surface area contributed by atoms with E-state index in [1.807, 2.05) is 0 Å². The molecule has 0 saturated heterocycles. The second-order valence-corrected chi connectivity index (χ2v) is 3.14. The molecule has 0 bridgehead atoms. The lowest BCUT2D eigenvalue weighted by molar-refractivity contribution is -0.149. The zero-order valence-corrected chi connectivity index (χ0v) is 9.65. The van der Waals surface area contributed by atoms with Crippen LogP contribution in [-0.2, 0) is 14.3 Å². The number of para-hydroxylation sites is 1. The van der Waals surface area contributed by atoms with E-state index in [1.54, 1.807) is 19.1 Å². The molecule has 1 aromatic carbocycles. The molecule has 0 saturated carbocycles. The number of hydrogen-bond acceptors (Lipinski definition) is 4. The first-order valence-corrected chi connectivity index (χ1v) is 5.34. The van der Waals surface area contributed by atoms with Crippen LogP contribution in [0.15, 0.2) is 24.3 Å². The minimum atomic E-state index is -0.455. The van der Waals surface area contributed by atoms with Gasteiger partial charge in [0, 0.05) is 6.61 Å². The van der Waals surface area contributed by atoms with E-state index < -0.39 is 11.8 Å². The quantitative estimate of drug-likeness (QED) is 0.540. The zero-order chi connectivity index (χ0) is 12.5. The average Bonchev–Trinajstić information content (AvgIpc) is 2.34. The summed E-state index contributed by atoms with van der Waals surface area (Å²) in [5.41, 5.74) is 0. The first-order valence-electron chi connectivity index (χ1n) is 5.34. The zero-order valence-electron chi connectivity index (χ0n) is 9.65. The van der Waals surface area contributed by atoms with E-state index in [2.05, 4.69) is 0 Å². The molecule has 94 valence electrons. The van der Waals surface area contributed by atoms with Gasteiger partial charge in [0.05, 0.1) is 0 Å². The Hall–Kier alpha value is -1.62. The van der Waals surface area contributed by atoms with Crippen molar-refractivity contribution in [3.63, 3.8) is 0 Å². The Morgan fingerprint density at radius 3 is 2.76 bits per heavy atom. The van der Waals surface area contributed by atoms with Crippen molar-refractivity contribution in [3.05, 3.63) is 30.1 Å². The highest BCUT2D eigenvalue weighted by Gasteiger charge is 2.03. The van der Waals surface area contributed by atoms with E-state index in [4.69, 9.17) is 14.2 Å². The van der Waals surface area contributed by atoms with Crippen LogP contribution in [0.5, 0.6) is 5.75 Å². The van der Waals surface area contributed by atoms with Gasteiger partial charge < -0.3 is 14.2 Å². The molecule has 4 nitrogen and oxygen atoms in total. The van der Waals surface area contributed by atoms with E-state index in [0.717, 1.165) is 0 Å². The van der Waals surface area contributed by atoms with Gasteiger partial charge in [-0.1, -0.05) is 12.1 Å². The molecule has 0 N–H and O–H groups in total. The Labute approximate surface area is 99.3 Å². The van der Waals surface area contributed by atoms with Gasteiger partial charge in [0.1, 0.15) is 19.8 Å². The largest absolute Gasteiger partial charge is 0.487 e.